The lowest BCUT2D eigenvalue weighted by Crippen LogP contribution is -1.91. The molecule has 0 spiro atoms. The molecule has 0 saturated heterocycles. The van der Waals surface area contributed by atoms with Crippen LogP contribution in [-0.4, -0.2) is 7.85 Å². The third-order valence-corrected chi connectivity index (χ3v) is 2.43. The van der Waals surface area contributed by atoms with Gasteiger partial charge >= 0.3 is 0 Å². The lowest BCUT2D eigenvalue weighted by Gasteiger charge is -2.11. The van der Waals surface area contributed by atoms with Crippen LogP contribution in [0.4, 0.5) is 0 Å². The van der Waals surface area contributed by atoms with Crippen molar-refractivity contribution in [3.8, 4) is 0 Å². The molecule has 2 rings (SSSR count). The van der Waals surface area contributed by atoms with E-state index in [-0.39, 0.29) is 0 Å². The van der Waals surface area contributed by atoms with Gasteiger partial charge in [-0.25, -0.2) is 0 Å². The fourth-order valence-corrected chi connectivity index (χ4v) is 1.74. The molecular weight excluding hydrogens is 155 g/mol. The first kappa shape index (κ1) is 8.37. The maximum Gasteiger partial charge on any atom is 0.138 e. The molecule has 0 bridgehead atoms. The van der Waals surface area contributed by atoms with Crippen LogP contribution in [-0.2, 0) is 0 Å². The van der Waals surface area contributed by atoms with Gasteiger partial charge in [-0.2, -0.15) is 0 Å². The van der Waals surface area contributed by atoms with Crippen LogP contribution in [0.15, 0.2) is 48.0 Å². The normalized spacial score (nSPS) is 16.3. The van der Waals surface area contributed by atoms with Gasteiger partial charge in [0.15, 0.2) is 0 Å². The zero-order valence-electron chi connectivity index (χ0n) is 7.96. The second-order valence-electron chi connectivity index (χ2n) is 3.52. The van der Waals surface area contributed by atoms with Crippen molar-refractivity contribution >= 4 is 13.4 Å². The molecule has 0 heterocycles. The minimum Gasteiger partial charge on any atom is -0.0926 e. The highest BCUT2D eigenvalue weighted by Crippen LogP contribution is 2.24. The molecule has 13 heavy (non-hydrogen) atoms. The van der Waals surface area contributed by atoms with Gasteiger partial charge < -0.3 is 0 Å². The molecule has 0 aromatic heterocycles. The topological polar surface area (TPSA) is 0 Å². The second-order valence-corrected chi connectivity index (χ2v) is 3.52. The van der Waals surface area contributed by atoms with Gasteiger partial charge in [-0.15, -0.1) is 0 Å². The highest BCUT2D eigenvalue weighted by atomic mass is 14.1. The van der Waals surface area contributed by atoms with Crippen LogP contribution < -0.4 is 0 Å². The zero-order valence-corrected chi connectivity index (χ0v) is 7.96. The largest absolute Gasteiger partial charge is 0.138 e. The smallest absolute Gasteiger partial charge is 0.0926 e. The van der Waals surface area contributed by atoms with Crippen molar-refractivity contribution in [2.24, 2.45) is 0 Å². The molecule has 1 aliphatic rings. The Morgan fingerprint density at radius 2 is 1.85 bits per heavy atom. The Morgan fingerprint density at radius 1 is 1.08 bits per heavy atom. The van der Waals surface area contributed by atoms with Gasteiger partial charge in [0, 0.05) is 0 Å². The Bertz CT molecular complexity index is 347. The number of hydrogen-bond acceptors (Lipinski definition) is 0. The Hall–Kier alpha value is -1.24. The molecule has 0 saturated carbocycles. The van der Waals surface area contributed by atoms with Crippen molar-refractivity contribution in [3.05, 3.63) is 53.5 Å². The third kappa shape index (κ3) is 1.92. The fourth-order valence-electron chi connectivity index (χ4n) is 1.74. The van der Waals surface area contributed by atoms with E-state index in [4.69, 9.17) is 0 Å². The standard InChI is InChI=1S/C12H13B/c13-12-8-4-7-11(9-12)10-5-2-1-3-6-10/h1-3,5-6,8-9H,4,7,13H2. The predicted molar refractivity (Wildman–Crippen MR) is 60.3 cm³/mol. The van der Waals surface area contributed by atoms with E-state index in [9.17, 15) is 0 Å². The summed E-state index contributed by atoms with van der Waals surface area (Å²) >= 11 is 0. The molecule has 0 fully saturated rings. The van der Waals surface area contributed by atoms with Gasteiger partial charge in [0.25, 0.3) is 0 Å². The summed E-state index contributed by atoms with van der Waals surface area (Å²) in [4.78, 5) is 0. The molecule has 1 aromatic rings. The molecule has 0 N–H and O–H groups in total. The van der Waals surface area contributed by atoms with Gasteiger partial charge in [0.2, 0.25) is 0 Å². The third-order valence-electron chi connectivity index (χ3n) is 2.43. The second kappa shape index (κ2) is 3.65. The highest BCUT2D eigenvalue weighted by molar-refractivity contribution is 6.24. The number of benzene rings is 1. The van der Waals surface area contributed by atoms with Crippen molar-refractivity contribution < 1.29 is 0 Å². The van der Waals surface area contributed by atoms with E-state index in [1.54, 1.807) is 0 Å². The van der Waals surface area contributed by atoms with E-state index in [0.717, 1.165) is 0 Å². The van der Waals surface area contributed by atoms with Crippen molar-refractivity contribution in [2.75, 3.05) is 0 Å². The van der Waals surface area contributed by atoms with Crippen LogP contribution in [0.5, 0.6) is 0 Å². The lowest BCUT2D eigenvalue weighted by molar-refractivity contribution is 1.05. The maximum absolute atomic E-state index is 2.30. The molecule has 0 radical (unpaired) electrons. The Morgan fingerprint density at radius 3 is 2.54 bits per heavy atom. The highest BCUT2D eigenvalue weighted by Gasteiger charge is 2.03. The van der Waals surface area contributed by atoms with Gasteiger partial charge in [-0.05, 0) is 24.0 Å². The van der Waals surface area contributed by atoms with Crippen LogP contribution in [0.2, 0.25) is 0 Å². The molecule has 0 unspecified atom stereocenters. The van der Waals surface area contributed by atoms with Gasteiger partial charge in [-0.1, -0.05) is 48.0 Å². The van der Waals surface area contributed by atoms with Crippen LogP contribution >= 0.6 is 0 Å². The van der Waals surface area contributed by atoms with Crippen molar-refractivity contribution in [1.82, 2.24) is 0 Å². The molecule has 1 heteroatoms. The first-order valence-electron chi connectivity index (χ1n) is 4.79. The van der Waals surface area contributed by atoms with Crippen LogP contribution in [0, 0.1) is 0 Å². The summed E-state index contributed by atoms with van der Waals surface area (Å²) in [5.74, 6) is 0. The molecule has 0 atom stereocenters. The van der Waals surface area contributed by atoms with Crippen LogP contribution in [0.25, 0.3) is 5.57 Å². The number of allylic oxidation sites excluding steroid dienone is 4. The molecule has 1 aliphatic carbocycles. The van der Waals surface area contributed by atoms with Gasteiger partial charge in [0.1, 0.15) is 7.85 Å². The molecule has 1 aromatic carbocycles. The van der Waals surface area contributed by atoms with E-state index >= 15 is 0 Å². The molecule has 0 amide bonds. The zero-order chi connectivity index (χ0) is 9.10. The van der Waals surface area contributed by atoms with E-state index in [1.165, 1.54) is 29.5 Å². The number of rotatable bonds is 1. The first-order chi connectivity index (χ1) is 6.36. The number of hydrogen-bond donors (Lipinski definition) is 0. The first-order valence-corrected chi connectivity index (χ1v) is 4.79. The summed E-state index contributed by atoms with van der Waals surface area (Å²) < 4.78 is 0. The van der Waals surface area contributed by atoms with Gasteiger partial charge in [-0.3, -0.25) is 0 Å². The van der Waals surface area contributed by atoms with Gasteiger partial charge in [0.05, 0.1) is 0 Å². The molecular formula is C12H13B. The van der Waals surface area contributed by atoms with Crippen molar-refractivity contribution in [3.63, 3.8) is 0 Å². The van der Waals surface area contributed by atoms with Crippen LogP contribution in [0.1, 0.15) is 18.4 Å². The summed E-state index contributed by atoms with van der Waals surface area (Å²) in [6.45, 7) is 0. The fraction of sp³-hybridized carbons (Fsp3) is 0.167. The van der Waals surface area contributed by atoms with E-state index in [0.29, 0.717) is 0 Å². The van der Waals surface area contributed by atoms with E-state index < -0.39 is 0 Å². The summed E-state index contributed by atoms with van der Waals surface area (Å²) in [5.41, 5.74) is 4.24. The maximum atomic E-state index is 2.30. The van der Waals surface area contributed by atoms with E-state index in [2.05, 4.69) is 50.3 Å². The minimum atomic E-state index is 1.18. The quantitative estimate of drug-likeness (QED) is 0.564. The Labute approximate surface area is 80.4 Å². The molecule has 64 valence electrons. The summed E-state index contributed by atoms with van der Waals surface area (Å²) in [6.07, 6.45) is 6.96. The summed E-state index contributed by atoms with van der Waals surface area (Å²) in [5, 5.41) is 0. The summed E-state index contributed by atoms with van der Waals surface area (Å²) in [7, 11) is 2.17. The Kier molecular flexibility index (Phi) is 2.35. The van der Waals surface area contributed by atoms with E-state index in [1.807, 2.05) is 0 Å². The van der Waals surface area contributed by atoms with Crippen molar-refractivity contribution in [1.29, 1.82) is 0 Å². The monoisotopic (exact) mass is 168 g/mol. The SMILES string of the molecule is BC1=CCCC(c2ccccc2)=C1. The molecule has 0 aliphatic heterocycles. The predicted octanol–water partition coefficient (Wildman–Crippen LogP) is 2.38. The molecule has 0 nitrogen and oxygen atoms in total. The van der Waals surface area contributed by atoms with Crippen molar-refractivity contribution in [2.45, 2.75) is 12.8 Å². The average molecular weight is 168 g/mol. The summed E-state index contributed by atoms with van der Waals surface area (Å²) in [6, 6.07) is 10.6. The minimum absolute atomic E-state index is 1.18. The average Bonchev–Trinajstić information content (AvgIpc) is 2.19. The Balaban J connectivity index is 2.32. The lowest BCUT2D eigenvalue weighted by atomic mass is 9.85. The van der Waals surface area contributed by atoms with Crippen LogP contribution in [0.3, 0.4) is 0 Å².